The number of carbonyl (C=O) groups is 1. The second kappa shape index (κ2) is 8.68. The number of aromatic nitrogens is 1. The Kier molecular flexibility index (Phi) is 7.16. The van der Waals surface area contributed by atoms with E-state index >= 15 is 0 Å². The summed E-state index contributed by atoms with van der Waals surface area (Å²) >= 11 is 1.33. The lowest BCUT2D eigenvalue weighted by Crippen LogP contribution is -2.22. The minimum Gasteiger partial charge on any atom is -0.384 e. The van der Waals surface area contributed by atoms with Crippen LogP contribution in [0.2, 0.25) is 0 Å². The fourth-order valence-corrected chi connectivity index (χ4v) is 2.39. The Morgan fingerprint density at radius 3 is 3.00 bits per heavy atom. The number of rotatable bonds is 6. The first-order valence-corrected chi connectivity index (χ1v) is 7.39. The molecule has 1 unspecified atom stereocenters. The molecule has 4 nitrogen and oxygen atoms in total. The highest BCUT2D eigenvalue weighted by atomic mass is 32.1. The van der Waals surface area contributed by atoms with Gasteiger partial charge in [0.25, 0.3) is 0 Å². The Balaban J connectivity index is 2.57. The van der Waals surface area contributed by atoms with E-state index in [1.165, 1.54) is 11.3 Å². The molecule has 1 aromatic rings. The highest BCUT2D eigenvalue weighted by Crippen LogP contribution is 2.20. The first-order valence-electron chi connectivity index (χ1n) is 6.57. The lowest BCUT2D eigenvalue weighted by Gasteiger charge is -2.12. The quantitative estimate of drug-likeness (QED) is 0.787. The van der Waals surface area contributed by atoms with Crippen molar-refractivity contribution in [2.45, 2.75) is 39.5 Å². The maximum absolute atomic E-state index is 12.1. The third-order valence-electron chi connectivity index (χ3n) is 2.80. The summed E-state index contributed by atoms with van der Waals surface area (Å²) < 4.78 is 0. The first-order chi connectivity index (χ1) is 9.21. The molecule has 19 heavy (non-hydrogen) atoms. The molecule has 1 rings (SSSR count). The van der Waals surface area contributed by atoms with Gasteiger partial charge in [-0.15, -0.1) is 0 Å². The van der Waals surface area contributed by atoms with Crippen molar-refractivity contribution in [1.29, 1.82) is 0 Å². The fourth-order valence-electron chi connectivity index (χ4n) is 1.69. The van der Waals surface area contributed by atoms with Gasteiger partial charge in [0.05, 0.1) is 11.1 Å². The number of carbonyl (C=O) groups excluding carboxylic acids is 1. The highest BCUT2D eigenvalue weighted by Gasteiger charge is 2.16. The van der Waals surface area contributed by atoms with Crippen LogP contribution >= 0.6 is 11.3 Å². The molecule has 0 aromatic carbocycles. The van der Waals surface area contributed by atoms with E-state index in [-0.39, 0.29) is 18.4 Å². The molecule has 0 aliphatic carbocycles. The Bertz CT molecular complexity index is 460. The predicted molar refractivity (Wildman–Crippen MR) is 78.0 cm³/mol. The van der Waals surface area contributed by atoms with Gasteiger partial charge in [0.1, 0.15) is 6.61 Å². The number of anilines is 1. The fraction of sp³-hybridized carbons (Fsp3) is 0.571. The van der Waals surface area contributed by atoms with Crippen molar-refractivity contribution in [3.63, 3.8) is 0 Å². The summed E-state index contributed by atoms with van der Waals surface area (Å²) in [7, 11) is 0. The van der Waals surface area contributed by atoms with E-state index < -0.39 is 0 Å². The number of thiazole rings is 1. The molecule has 0 saturated heterocycles. The Hall–Kier alpha value is -1.38. The number of hydrogen-bond donors (Lipinski definition) is 2. The summed E-state index contributed by atoms with van der Waals surface area (Å²) in [6.45, 7) is 3.98. The molecule has 0 saturated carbocycles. The summed E-state index contributed by atoms with van der Waals surface area (Å²) in [5, 5.41) is 12.0. The average Bonchev–Trinajstić information content (AvgIpc) is 2.84. The van der Waals surface area contributed by atoms with Crippen LogP contribution in [0.1, 0.15) is 44.4 Å². The molecule has 1 aromatic heterocycles. The number of nitrogens with zero attached hydrogens (tertiary/aromatic N) is 1. The molecule has 0 bridgehead atoms. The third kappa shape index (κ3) is 5.41. The molecule has 1 atom stereocenters. The average molecular weight is 280 g/mol. The molecule has 0 radical (unpaired) electrons. The van der Waals surface area contributed by atoms with E-state index in [4.69, 9.17) is 5.11 Å². The van der Waals surface area contributed by atoms with Crippen LogP contribution in [0.5, 0.6) is 0 Å². The molecule has 0 fully saturated rings. The largest absolute Gasteiger partial charge is 0.384 e. The molecule has 2 N–H and O–H groups in total. The van der Waals surface area contributed by atoms with E-state index in [0.29, 0.717) is 5.13 Å². The van der Waals surface area contributed by atoms with Crippen LogP contribution < -0.4 is 5.32 Å². The van der Waals surface area contributed by atoms with Gasteiger partial charge in [-0.2, -0.15) is 0 Å². The van der Waals surface area contributed by atoms with Crippen LogP contribution in [0.25, 0.3) is 0 Å². The van der Waals surface area contributed by atoms with Gasteiger partial charge in [-0.1, -0.05) is 49.9 Å². The van der Waals surface area contributed by atoms with E-state index in [1.54, 1.807) is 6.20 Å². The first kappa shape index (κ1) is 15.7. The number of unbranched alkanes of at least 4 members (excludes halogenated alkanes) is 1. The van der Waals surface area contributed by atoms with Crippen molar-refractivity contribution in [2.75, 3.05) is 11.9 Å². The van der Waals surface area contributed by atoms with Crippen LogP contribution in [0.4, 0.5) is 5.13 Å². The standard InChI is InChI=1S/C14H20N2O2S/c1-3-5-7-11(4-2)13(18)16-14-15-10-12(19-14)8-6-9-17/h10-11,17H,3-5,7,9H2,1-2H3,(H,15,16,18). The van der Waals surface area contributed by atoms with Crippen LogP contribution in [-0.4, -0.2) is 22.6 Å². The molecule has 104 valence electrons. The zero-order chi connectivity index (χ0) is 14.1. The minimum atomic E-state index is -0.172. The number of hydrogen-bond acceptors (Lipinski definition) is 4. The van der Waals surface area contributed by atoms with Crippen molar-refractivity contribution in [2.24, 2.45) is 5.92 Å². The molecule has 0 aliphatic heterocycles. The molecule has 0 spiro atoms. The van der Waals surface area contributed by atoms with Gasteiger partial charge in [-0.05, 0) is 12.8 Å². The number of amides is 1. The van der Waals surface area contributed by atoms with Crippen LogP contribution in [0, 0.1) is 17.8 Å². The van der Waals surface area contributed by atoms with Crippen molar-refractivity contribution in [1.82, 2.24) is 4.98 Å². The van der Waals surface area contributed by atoms with E-state index in [9.17, 15) is 4.79 Å². The maximum atomic E-state index is 12.1. The molecule has 1 heterocycles. The van der Waals surface area contributed by atoms with E-state index in [1.807, 2.05) is 6.92 Å². The SMILES string of the molecule is CCCCC(CC)C(=O)Nc1ncc(C#CCO)s1. The number of nitrogens with one attached hydrogen (secondary N) is 1. The second-order valence-electron chi connectivity index (χ2n) is 4.23. The maximum Gasteiger partial charge on any atom is 0.229 e. The Morgan fingerprint density at radius 1 is 1.58 bits per heavy atom. The monoisotopic (exact) mass is 280 g/mol. The summed E-state index contributed by atoms with van der Waals surface area (Å²) in [5.41, 5.74) is 0. The Labute approximate surface area is 118 Å². The zero-order valence-corrected chi connectivity index (χ0v) is 12.2. The van der Waals surface area contributed by atoms with Crippen molar-refractivity contribution in [3.05, 3.63) is 11.1 Å². The van der Waals surface area contributed by atoms with Crippen molar-refractivity contribution in [3.8, 4) is 11.8 Å². The van der Waals surface area contributed by atoms with Crippen LogP contribution in [0.15, 0.2) is 6.20 Å². The topological polar surface area (TPSA) is 62.2 Å². The summed E-state index contributed by atoms with van der Waals surface area (Å²) in [4.78, 5) is 16.9. The third-order valence-corrected chi connectivity index (χ3v) is 3.62. The van der Waals surface area contributed by atoms with Gasteiger partial charge in [0.15, 0.2) is 5.13 Å². The second-order valence-corrected chi connectivity index (χ2v) is 5.26. The van der Waals surface area contributed by atoms with Gasteiger partial charge in [0, 0.05) is 5.92 Å². The van der Waals surface area contributed by atoms with Gasteiger partial charge >= 0.3 is 0 Å². The van der Waals surface area contributed by atoms with Gasteiger partial charge in [-0.3, -0.25) is 4.79 Å². The van der Waals surface area contributed by atoms with Crippen molar-refractivity contribution < 1.29 is 9.90 Å². The highest BCUT2D eigenvalue weighted by molar-refractivity contribution is 7.16. The van der Waals surface area contributed by atoms with E-state index in [2.05, 4.69) is 29.1 Å². The normalized spacial score (nSPS) is 11.5. The lowest BCUT2D eigenvalue weighted by molar-refractivity contribution is -0.120. The summed E-state index contributed by atoms with van der Waals surface area (Å²) in [5.74, 6) is 5.41. The van der Waals surface area contributed by atoms with Crippen LogP contribution in [0.3, 0.4) is 0 Å². The van der Waals surface area contributed by atoms with E-state index in [0.717, 1.165) is 30.6 Å². The summed E-state index contributed by atoms with van der Waals surface area (Å²) in [6.07, 6.45) is 5.53. The molecule has 1 amide bonds. The minimum absolute atomic E-state index is 0.0342. The van der Waals surface area contributed by atoms with Gasteiger partial charge in [0.2, 0.25) is 5.91 Å². The van der Waals surface area contributed by atoms with Gasteiger partial charge < -0.3 is 10.4 Å². The zero-order valence-electron chi connectivity index (χ0n) is 11.4. The summed E-state index contributed by atoms with van der Waals surface area (Å²) in [6, 6.07) is 0. The smallest absolute Gasteiger partial charge is 0.229 e. The molecular formula is C14H20N2O2S. The number of aliphatic hydroxyl groups excluding tert-OH is 1. The van der Waals surface area contributed by atoms with Gasteiger partial charge in [-0.25, -0.2) is 4.98 Å². The molecular weight excluding hydrogens is 260 g/mol. The van der Waals surface area contributed by atoms with Crippen molar-refractivity contribution >= 4 is 22.4 Å². The molecule has 0 aliphatic rings. The predicted octanol–water partition coefficient (Wildman–Crippen LogP) is 2.64. The lowest BCUT2D eigenvalue weighted by atomic mass is 9.99. The Morgan fingerprint density at radius 2 is 2.37 bits per heavy atom. The number of aliphatic hydroxyl groups is 1. The van der Waals surface area contributed by atoms with Crippen LogP contribution in [-0.2, 0) is 4.79 Å². The molecule has 5 heteroatoms.